The van der Waals surface area contributed by atoms with E-state index in [0.29, 0.717) is 42.4 Å². The maximum atomic E-state index is 13.5. The summed E-state index contributed by atoms with van der Waals surface area (Å²) < 4.78 is 24.3. The van der Waals surface area contributed by atoms with E-state index in [1.54, 1.807) is 36.4 Å². The van der Waals surface area contributed by atoms with Gasteiger partial charge < -0.3 is 20.1 Å². The molecule has 0 atom stereocenters. The number of carbonyl (C=O) groups excluding carboxylic acids is 2. The lowest BCUT2D eigenvalue weighted by molar-refractivity contribution is -0.136. The average molecular weight is 344 g/mol. The van der Waals surface area contributed by atoms with Gasteiger partial charge >= 0.3 is 11.8 Å². The fourth-order valence-electron chi connectivity index (χ4n) is 2.40. The van der Waals surface area contributed by atoms with E-state index in [4.69, 9.17) is 9.47 Å². The lowest BCUT2D eigenvalue weighted by Gasteiger charge is -2.18. The lowest BCUT2D eigenvalue weighted by atomic mass is 10.1. The van der Waals surface area contributed by atoms with Crippen LogP contribution in [0.15, 0.2) is 42.5 Å². The lowest BCUT2D eigenvalue weighted by Crippen LogP contribution is -2.36. The zero-order valence-corrected chi connectivity index (χ0v) is 13.4. The second-order valence-corrected chi connectivity index (χ2v) is 5.41. The summed E-state index contributed by atoms with van der Waals surface area (Å²) in [6.07, 6.45) is 0.301. The molecule has 0 saturated heterocycles. The number of ether oxygens (including phenoxy) is 2. The fraction of sp³-hybridized carbons (Fsp3) is 0.222. The molecule has 25 heavy (non-hydrogen) atoms. The smallest absolute Gasteiger partial charge is 0.313 e. The highest BCUT2D eigenvalue weighted by atomic mass is 19.1. The Morgan fingerprint density at radius 3 is 2.56 bits per heavy atom. The van der Waals surface area contributed by atoms with Gasteiger partial charge in [-0.1, -0.05) is 18.2 Å². The van der Waals surface area contributed by atoms with E-state index in [2.05, 4.69) is 10.6 Å². The van der Waals surface area contributed by atoms with Crippen molar-refractivity contribution in [1.29, 1.82) is 0 Å². The number of carbonyl (C=O) groups is 2. The molecule has 130 valence electrons. The number of nitrogens with one attached hydrogen (secondary N) is 2. The minimum atomic E-state index is -0.801. The number of rotatable bonds is 4. The summed E-state index contributed by atoms with van der Waals surface area (Å²) in [6.45, 7) is 1.07. The van der Waals surface area contributed by atoms with Crippen LogP contribution in [0.3, 0.4) is 0 Å². The normalized spacial score (nSPS) is 12.4. The molecule has 0 bridgehead atoms. The van der Waals surface area contributed by atoms with E-state index in [9.17, 15) is 14.0 Å². The van der Waals surface area contributed by atoms with Crippen molar-refractivity contribution in [1.82, 2.24) is 5.32 Å². The molecular formula is C18H17FN2O4. The van der Waals surface area contributed by atoms with Gasteiger partial charge in [0.1, 0.15) is 19.0 Å². The number of anilines is 1. The summed E-state index contributed by atoms with van der Waals surface area (Å²) in [5.41, 5.74) is 0.911. The molecule has 1 aliphatic heterocycles. The van der Waals surface area contributed by atoms with E-state index in [0.717, 1.165) is 0 Å². The van der Waals surface area contributed by atoms with Crippen LogP contribution in [0.4, 0.5) is 10.1 Å². The molecule has 6 nitrogen and oxygen atoms in total. The fourth-order valence-corrected chi connectivity index (χ4v) is 2.40. The Bertz CT molecular complexity index is 794. The molecule has 1 heterocycles. The Morgan fingerprint density at radius 2 is 1.76 bits per heavy atom. The highest BCUT2D eigenvalue weighted by molar-refractivity contribution is 6.39. The average Bonchev–Trinajstić information content (AvgIpc) is 2.63. The second-order valence-electron chi connectivity index (χ2n) is 5.41. The second kappa shape index (κ2) is 7.65. The van der Waals surface area contributed by atoms with Crippen molar-refractivity contribution < 1.29 is 23.5 Å². The first-order valence-electron chi connectivity index (χ1n) is 7.86. The molecule has 0 saturated carbocycles. The predicted octanol–water partition coefficient (Wildman–Crippen LogP) is 1.89. The van der Waals surface area contributed by atoms with Gasteiger partial charge in [-0.25, -0.2) is 4.39 Å². The highest BCUT2D eigenvalue weighted by Crippen LogP contribution is 2.32. The summed E-state index contributed by atoms with van der Waals surface area (Å²) in [5, 5.41) is 4.96. The first-order valence-corrected chi connectivity index (χ1v) is 7.86. The van der Waals surface area contributed by atoms with Crippen molar-refractivity contribution in [2.45, 2.75) is 6.42 Å². The summed E-state index contributed by atoms with van der Waals surface area (Å²) in [7, 11) is 0. The van der Waals surface area contributed by atoms with Gasteiger partial charge in [0.05, 0.1) is 0 Å². The Morgan fingerprint density at radius 1 is 1.00 bits per heavy atom. The monoisotopic (exact) mass is 344 g/mol. The Kier molecular flexibility index (Phi) is 5.13. The largest absolute Gasteiger partial charge is 0.486 e. The third-order valence-corrected chi connectivity index (χ3v) is 3.64. The summed E-state index contributed by atoms with van der Waals surface area (Å²) >= 11 is 0. The van der Waals surface area contributed by atoms with Gasteiger partial charge in [-0.05, 0) is 30.2 Å². The first kappa shape index (κ1) is 16.8. The standard InChI is InChI=1S/C18H17FN2O4/c19-14-4-2-1-3-12(14)7-8-20-17(22)18(23)21-13-5-6-15-16(11-13)25-10-9-24-15/h1-6,11H,7-10H2,(H,20,22)(H,21,23). The Balaban J connectivity index is 1.51. The van der Waals surface area contributed by atoms with Crippen LogP contribution in [-0.4, -0.2) is 31.6 Å². The van der Waals surface area contributed by atoms with Gasteiger partial charge in [-0.15, -0.1) is 0 Å². The van der Waals surface area contributed by atoms with Crippen molar-refractivity contribution in [3.05, 3.63) is 53.8 Å². The predicted molar refractivity (Wildman–Crippen MR) is 89.2 cm³/mol. The van der Waals surface area contributed by atoms with Gasteiger partial charge in [0.15, 0.2) is 11.5 Å². The number of amides is 2. The van der Waals surface area contributed by atoms with Gasteiger partial charge in [0, 0.05) is 18.3 Å². The molecular weight excluding hydrogens is 327 g/mol. The molecule has 2 aromatic carbocycles. The van der Waals surface area contributed by atoms with Crippen LogP contribution in [0.2, 0.25) is 0 Å². The van der Waals surface area contributed by atoms with Crippen LogP contribution >= 0.6 is 0 Å². The molecule has 2 N–H and O–H groups in total. The number of hydrogen-bond donors (Lipinski definition) is 2. The zero-order valence-electron chi connectivity index (χ0n) is 13.4. The number of hydrogen-bond acceptors (Lipinski definition) is 4. The van der Waals surface area contributed by atoms with E-state index in [1.165, 1.54) is 6.07 Å². The SMILES string of the molecule is O=C(NCCc1ccccc1F)C(=O)Nc1ccc2c(c1)OCCO2. The van der Waals surface area contributed by atoms with E-state index >= 15 is 0 Å². The molecule has 2 amide bonds. The Hall–Kier alpha value is -3.09. The molecule has 0 unspecified atom stereocenters. The van der Waals surface area contributed by atoms with Crippen LogP contribution < -0.4 is 20.1 Å². The van der Waals surface area contributed by atoms with Crippen molar-refractivity contribution in [2.75, 3.05) is 25.1 Å². The molecule has 0 radical (unpaired) electrons. The van der Waals surface area contributed by atoms with E-state index < -0.39 is 11.8 Å². The van der Waals surface area contributed by atoms with Crippen LogP contribution in [-0.2, 0) is 16.0 Å². The van der Waals surface area contributed by atoms with Crippen LogP contribution in [0, 0.1) is 5.82 Å². The van der Waals surface area contributed by atoms with E-state index in [-0.39, 0.29) is 12.4 Å². The van der Waals surface area contributed by atoms with E-state index in [1.807, 2.05) is 0 Å². The third kappa shape index (κ3) is 4.26. The van der Waals surface area contributed by atoms with Gasteiger partial charge in [0.2, 0.25) is 0 Å². The maximum Gasteiger partial charge on any atom is 0.313 e. The summed E-state index contributed by atoms with van der Waals surface area (Å²) in [6, 6.07) is 11.2. The maximum absolute atomic E-state index is 13.5. The van der Waals surface area contributed by atoms with Crippen molar-refractivity contribution >= 4 is 17.5 Å². The van der Waals surface area contributed by atoms with Gasteiger partial charge in [-0.3, -0.25) is 9.59 Å². The minimum Gasteiger partial charge on any atom is -0.486 e. The topological polar surface area (TPSA) is 76.7 Å². The zero-order chi connectivity index (χ0) is 17.6. The van der Waals surface area contributed by atoms with Crippen molar-refractivity contribution in [3.63, 3.8) is 0 Å². The number of fused-ring (bicyclic) bond motifs is 1. The Labute approximate surface area is 143 Å². The third-order valence-electron chi connectivity index (χ3n) is 3.64. The van der Waals surface area contributed by atoms with Crippen LogP contribution in [0.25, 0.3) is 0 Å². The van der Waals surface area contributed by atoms with Gasteiger partial charge in [0.25, 0.3) is 0 Å². The molecule has 3 rings (SSSR count). The molecule has 0 spiro atoms. The van der Waals surface area contributed by atoms with Crippen molar-refractivity contribution in [2.24, 2.45) is 0 Å². The molecule has 0 aliphatic carbocycles. The summed E-state index contributed by atoms with van der Waals surface area (Å²) in [5.74, 6) is -0.809. The molecule has 2 aromatic rings. The highest BCUT2D eigenvalue weighted by Gasteiger charge is 2.16. The molecule has 0 aromatic heterocycles. The quantitative estimate of drug-likeness (QED) is 0.831. The van der Waals surface area contributed by atoms with Crippen LogP contribution in [0.5, 0.6) is 11.5 Å². The van der Waals surface area contributed by atoms with Gasteiger partial charge in [-0.2, -0.15) is 0 Å². The van der Waals surface area contributed by atoms with Crippen molar-refractivity contribution in [3.8, 4) is 11.5 Å². The molecule has 1 aliphatic rings. The summed E-state index contributed by atoms with van der Waals surface area (Å²) in [4.78, 5) is 23.8. The van der Waals surface area contributed by atoms with Crippen LogP contribution in [0.1, 0.15) is 5.56 Å². The first-order chi connectivity index (χ1) is 12.1. The molecule has 0 fully saturated rings. The number of benzene rings is 2. The molecule has 7 heteroatoms. The minimum absolute atomic E-state index is 0.161. The number of halogens is 1.